The topological polar surface area (TPSA) is 47.4 Å². The predicted molar refractivity (Wildman–Crippen MR) is 118 cm³/mol. The average Bonchev–Trinajstić information content (AvgIpc) is 2.72. The maximum atomic E-state index is 12.4. The third-order valence-corrected chi connectivity index (χ3v) is 4.54. The number of rotatable bonds is 4. The van der Waals surface area contributed by atoms with Crippen molar-refractivity contribution >= 4 is 16.7 Å². The fraction of sp³-hybridized carbons (Fsp3) is 0.391. The number of anilines is 1. The normalized spacial score (nSPS) is 12.2. The summed E-state index contributed by atoms with van der Waals surface area (Å²) in [5, 5.41) is 0. The van der Waals surface area contributed by atoms with Crippen molar-refractivity contribution in [2.45, 2.75) is 40.7 Å². The fourth-order valence-electron chi connectivity index (χ4n) is 2.98. The summed E-state index contributed by atoms with van der Waals surface area (Å²) in [5.41, 5.74) is 3.85. The number of fused-ring (bicyclic) bond motifs is 1. The zero-order valence-electron chi connectivity index (χ0n) is 17.6. The molecule has 0 saturated carbocycles. The van der Waals surface area contributed by atoms with Gasteiger partial charge in [0.05, 0.1) is 36.6 Å². The van der Waals surface area contributed by atoms with Crippen LogP contribution in [0.4, 0.5) is 5.69 Å². The number of aromatic nitrogens is 2. The minimum Gasteiger partial charge on any atom is -0.497 e. The first-order valence-corrected chi connectivity index (χ1v) is 10.1. The van der Waals surface area contributed by atoms with Crippen molar-refractivity contribution in [3.63, 3.8) is 0 Å². The molecular weight excluding hydrogens is 350 g/mol. The van der Waals surface area contributed by atoms with Crippen LogP contribution in [0.5, 0.6) is 5.75 Å². The lowest BCUT2D eigenvalue weighted by Gasteiger charge is -2.33. The van der Waals surface area contributed by atoms with Gasteiger partial charge in [-0.2, -0.15) is 0 Å². The van der Waals surface area contributed by atoms with Crippen molar-refractivity contribution < 1.29 is 4.74 Å². The van der Waals surface area contributed by atoms with E-state index in [1.54, 1.807) is 23.8 Å². The number of methoxy groups -OCH3 is 1. The Labute approximate surface area is 167 Å². The SMILES string of the molecule is CC.CC.COc1ccc(Cn2c(=O)ccc3ncc(N4CCC4)cc32)cc1. The van der Waals surface area contributed by atoms with E-state index < -0.39 is 0 Å². The number of pyridine rings is 2. The van der Waals surface area contributed by atoms with E-state index in [0.717, 1.165) is 41.1 Å². The fourth-order valence-corrected chi connectivity index (χ4v) is 2.98. The van der Waals surface area contributed by atoms with Crippen LogP contribution in [0.1, 0.15) is 39.7 Å². The summed E-state index contributed by atoms with van der Waals surface area (Å²) in [6.45, 7) is 10.6. The Balaban J connectivity index is 0.000000660. The van der Waals surface area contributed by atoms with Crippen LogP contribution in [0, 0.1) is 0 Å². The number of hydrogen-bond acceptors (Lipinski definition) is 4. The van der Waals surface area contributed by atoms with Gasteiger partial charge in [0, 0.05) is 19.2 Å². The summed E-state index contributed by atoms with van der Waals surface area (Å²) in [5.74, 6) is 0.811. The Morgan fingerprint density at radius 3 is 2.25 bits per heavy atom. The second-order valence-electron chi connectivity index (χ2n) is 6.04. The lowest BCUT2D eigenvalue weighted by atomic mass is 10.1. The quantitative estimate of drug-likeness (QED) is 0.656. The smallest absolute Gasteiger partial charge is 0.251 e. The van der Waals surface area contributed by atoms with Crippen LogP contribution in [-0.2, 0) is 6.54 Å². The molecule has 3 heterocycles. The lowest BCUT2D eigenvalue weighted by molar-refractivity contribution is 0.414. The maximum absolute atomic E-state index is 12.4. The minimum absolute atomic E-state index is 0.0131. The highest BCUT2D eigenvalue weighted by atomic mass is 16.5. The zero-order chi connectivity index (χ0) is 20.5. The van der Waals surface area contributed by atoms with Crippen LogP contribution in [0.15, 0.2) is 53.5 Å². The third-order valence-electron chi connectivity index (χ3n) is 4.54. The van der Waals surface area contributed by atoms with E-state index in [1.807, 2.05) is 58.2 Å². The van der Waals surface area contributed by atoms with Crippen LogP contribution in [-0.4, -0.2) is 29.8 Å². The molecule has 1 aromatic carbocycles. The standard InChI is InChI=1S/C19H19N3O2.2C2H6/c1-24-16-5-3-14(4-6-16)13-22-18-11-15(21-9-2-10-21)12-20-17(18)7-8-19(22)23;2*1-2/h3-8,11-12H,2,9-10,13H2,1H3;2*1-2H3. The summed E-state index contributed by atoms with van der Waals surface area (Å²) in [6, 6.07) is 13.2. The van der Waals surface area contributed by atoms with Gasteiger partial charge in [-0.05, 0) is 36.2 Å². The molecule has 1 saturated heterocycles. The average molecular weight is 382 g/mol. The molecule has 1 fully saturated rings. The van der Waals surface area contributed by atoms with Gasteiger partial charge < -0.3 is 14.2 Å². The summed E-state index contributed by atoms with van der Waals surface area (Å²) < 4.78 is 6.98. The van der Waals surface area contributed by atoms with E-state index in [2.05, 4.69) is 16.0 Å². The molecule has 2 aromatic heterocycles. The summed E-state index contributed by atoms with van der Waals surface area (Å²) in [6.07, 6.45) is 3.11. The van der Waals surface area contributed by atoms with Gasteiger partial charge in [-0.25, -0.2) is 0 Å². The van der Waals surface area contributed by atoms with Crippen LogP contribution in [0.2, 0.25) is 0 Å². The van der Waals surface area contributed by atoms with E-state index in [-0.39, 0.29) is 5.56 Å². The summed E-state index contributed by atoms with van der Waals surface area (Å²) in [4.78, 5) is 19.2. The van der Waals surface area contributed by atoms with Gasteiger partial charge in [-0.3, -0.25) is 9.78 Å². The van der Waals surface area contributed by atoms with Gasteiger partial charge >= 0.3 is 0 Å². The Bertz CT molecular complexity index is 929. The molecule has 150 valence electrons. The van der Waals surface area contributed by atoms with E-state index in [0.29, 0.717) is 6.54 Å². The molecule has 1 aliphatic heterocycles. The highest BCUT2D eigenvalue weighted by molar-refractivity contribution is 5.78. The van der Waals surface area contributed by atoms with Crippen molar-refractivity contribution in [3.05, 3.63) is 64.6 Å². The van der Waals surface area contributed by atoms with Crippen molar-refractivity contribution in [2.24, 2.45) is 0 Å². The van der Waals surface area contributed by atoms with Crippen LogP contribution in [0.25, 0.3) is 11.0 Å². The molecule has 4 rings (SSSR count). The second kappa shape index (κ2) is 10.5. The Kier molecular flexibility index (Phi) is 8.05. The van der Waals surface area contributed by atoms with Gasteiger partial charge in [0.25, 0.3) is 5.56 Å². The predicted octanol–water partition coefficient (Wildman–Crippen LogP) is 4.72. The lowest BCUT2D eigenvalue weighted by Crippen LogP contribution is -2.37. The molecule has 0 aliphatic carbocycles. The van der Waals surface area contributed by atoms with E-state index in [4.69, 9.17) is 4.74 Å². The Morgan fingerprint density at radius 1 is 1.00 bits per heavy atom. The molecule has 0 amide bonds. The Morgan fingerprint density at radius 2 is 1.68 bits per heavy atom. The van der Waals surface area contributed by atoms with E-state index >= 15 is 0 Å². The van der Waals surface area contributed by atoms with Crippen LogP contribution < -0.4 is 15.2 Å². The Hall–Kier alpha value is -2.82. The highest BCUT2D eigenvalue weighted by Gasteiger charge is 2.16. The van der Waals surface area contributed by atoms with E-state index in [1.165, 1.54) is 6.42 Å². The molecule has 0 atom stereocenters. The zero-order valence-corrected chi connectivity index (χ0v) is 17.6. The number of hydrogen-bond donors (Lipinski definition) is 0. The maximum Gasteiger partial charge on any atom is 0.251 e. The molecule has 28 heavy (non-hydrogen) atoms. The largest absolute Gasteiger partial charge is 0.497 e. The molecule has 5 heteroatoms. The monoisotopic (exact) mass is 381 g/mol. The van der Waals surface area contributed by atoms with E-state index in [9.17, 15) is 4.79 Å². The molecular formula is C23H31N3O2. The highest BCUT2D eigenvalue weighted by Crippen LogP contribution is 2.23. The molecule has 5 nitrogen and oxygen atoms in total. The molecule has 3 aromatic rings. The molecule has 0 radical (unpaired) electrons. The van der Waals surface area contributed by atoms with Crippen LogP contribution in [0.3, 0.4) is 0 Å². The van der Waals surface area contributed by atoms with Crippen molar-refractivity contribution in [3.8, 4) is 5.75 Å². The van der Waals surface area contributed by atoms with Gasteiger partial charge in [0.1, 0.15) is 5.75 Å². The molecule has 0 N–H and O–H groups in total. The first-order valence-electron chi connectivity index (χ1n) is 10.1. The molecule has 0 bridgehead atoms. The van der Waals surface area contributed by atoms with Crippen molar-refractivity contribution in [2.75, 3.05) is 25.1 Å². The van der Waals surface area contributed by atoms with Crippen LogP contribution >= 0.6 is 0 Å². The number of benzene rings is 1. The minimum atomic E-state index is -0.0131. The molecule has 0 unspecified atom stereocenters. The van der Waals surface area contributed by atoms with Gasteiger partial charge in [-0.15, -0.1) is 0 Å². The summed E-state index contributed by atoms with van der Waals surface area (Å²) >= 11 is 0. The van der Waals surface area contributed by atoms with Crippen molar-refractivity contribution in [1.82, 2.24) is 9.55 Å². The van der Waals surface area contributed by atoms with Crippen molar-refractivity contribution in [1.29, 1.82) is 0 Å². The van der Waals surface area contributed by atoms with Gasteiger partial charge in [0.2, 0.25) is 0 Å². The number of nitrogens with zero attached hydrogens (tertiary/aromatic N) is 3. The van der Waals surface area contributed by atoms with Gasteiger partial charge in [-0.1, -0.05) is 39.8 Å². The summed E-state index contributed by atoms with van der Waals surface area (Å²) in [7, 11) is 1.65. The first kappa shape index (κ1) is 21.5. The number of ether oxygens (including phenoxy) is 1. The molecule has 0 spiro atoms. The first-order chi connectivity index (χ1) is 13.7. The van der Waals surface area contributed by atoms with Gasteiger partial charge in [0.15, 0.2) is 0 Å². The second-order valence-corrected chi connectivity index (χ2v) is 6.04. The third kappa shape index (κ3) is 4.71. The molecule has 1 aliphatic rings.